The molecule has 2 aliphatic rings. The van der Waals surface area contributed by atoms with E-state index in [-0.39, 0.29) is 24.1 Å². The zero-order chi connectivity index (χ0) is 18.1. The fraction of sp³-hybridized carbons (Fsp3) is 0.476. The number of esters is 1. The van der Waals surface area contributed by atoms with Crippen LogP contribution in [0.25, 0.3) is 6.08 Å². The van der Waals surface area contributed by atoms with Gasteiger partial charge in [-0.05, 0) is 57.4 Å². The van der Waals surface area contributed by atoms with Crippen molar-refractivity contribution in [2.24, 2.45) is 5.92 Å². The van der Waals surface area contributed by atoms with Crippen LogP contribution in [0.5, 0.6) is 0 Å². The number of rotatable bonds is 2. The summed E-state index contributed by atoms with van der Waals surface area (Å²) in [7, 11) is 1.69. The van der Waals surface area contributed by atoms with E-state index in [2.05, 4.69) is 6.58 Å². The van der Waals surface area contributed by atoms with Gasteiger partial charge in [0.2, 0.25) is 0 Å². The summed E-state index contributed by atoms with van der Waals surface area (Å²) in [6.07, 6.45) is 5.68. The Kier molecular flexibility index (Phi) is 5.00. The first-order chi connectivity index (χ1) is 11.9. The Morgan fingerprint density at radius 2 is 2.12 bits per heavy atom. The number of methoxy groups -OCH3 is 1. The molecule has 0 saturated heterocycles. The molecule has 0 amide bonds. The van der Waals surface area contributed by atoms with Crippen molar-refractivity contribution in [2.45, 2.75) is 52.2 Å². The van der Waals surface area contributed by atoms with E-state index < -0.39 is 0 Å². The molecular weight excluding hydrogens is 316 g/mol. The maximum absolute atomic E-state index is 12.1. The molecule has 0 saturated carbocycles. The van der Waals surface area contributed by atoms with Gasteiger partial charge in [0.1, 0.15) is 23.7 Å². The Labute approximate surface area is 149 Å². The van der Waals surface area contributed by atoms with Crippen molar-refractivity contribution < 1.29 is 18.7 Å². The molecule has 4 heteroatoms. The van der Waals surface area contributed by atoms with Crippen LogP contribution in [-0.4, -0.2) is 19.2 Å². The van der Waals surface area contributed by atoms with Crippen molar-refractivity contribution in [3.8, 4) is 0 Å². The maximum atomic E-state index is 12.1. The first kappa shape index (κ1) is 17.7. The van der Waals surface area contributed by atoms with Crippen LogP contribution < -0.4 is 0 Å². The normalized spacial score (nSPS) is 26.7. The quantitative estimate of drug-likeness (QED) is 0.566. The van der Waals surface area contributed by atoms with Gasteiger partial charge in [0.25, 0.3) is 0 Å². The molecule has 0 aromatic carbocycles. The number of aryl methyl sites for hydroxylation is 1. The lowest BCUT2D eigenvalue weighted by Gasteiger charge is -2.25. The first-order valence-electron chi connectivity index (χ1n) is 8.76. The Morgan fingerprint density at radius 3 is 2.80 bits per heavy atom. The molecule has 4 bridgehead atoms. The number of carbonyl (C=O) groups excluding carboxylic acids is 1. The molecule has 4 nitrogen and oxygen atoms in total. The van der Waals surface area contributed by atoms with E-state index in [1.54, 1.807) is 7.11 Å². The minimum Gasteiger partial charge on any atom is -0.459 e. The van der Waals surface area contributed by atoms with Gasteiger partial charge in [-0.1, -0.05) is 17.7 Å². The van der Waals surface area contributed by atoms with E-state index in [0.29, 0.717) is 12.8 Å². The zero-order valence-corrected chi connectivity index (χ0v) is 15.4. The molecular formula is C21H26O4. The average molecular weight is 342 g/mol. The summed E-state index contributed by atoms with van der Waals surface area (Å²) in [6, 6.07) is 2.04. The van der Waals surface area contributed by atoms with E-state index in [1.807, 2.05) is 39.0 Å². The first-order valence-corrected chi connectivity index (χ1v) is 8.76. The van der Waals surface area contributed by atoms with Gasteiger partial charge in [-0.25, -0.2) is 4.79 Å². The van der Waals surface area contributed by atoms with E-state index in [9.17, 15) is 4.79 Å². The number of hydrogen-bond acceptors (Lipinski definition) is 4. The molecule has 2 aliphatic heterocycles. The highest BCUT2D eigenvalue weighted by Crippen LogP contribution is 2.38. The van der Waals surface area contributed by atoms with Crippen LogP contribution in [0.3, 0.4) is 0 Å². The molecule has 3 atom stereocenters. The van der Waals surface area contributed by atoms with Crippen molar-refractivity contribution in [3.05, 3.63) is 52.5 Å². The SMILES string of the molecule is C=C(C)C1CCC2=C[C@H](CC(C)=Cc3cc(C)c(o3)[C@H]1OC)OC2=O. The van der Waals surface area contributed by atoms with Gasteiger partial charge in [0.15, 0.2) is 0 Å². The fourth-order valence-electron chi connectivity index (χ4n) is 3.74. The molecule has 0 radical (unpaired) electrons. The summed E-state index contributed by atoms with van der Waals surface area (Å²) in [5, 5.41) is 0. The highest BCUT2D eigenvalue weighted by Gasteiger charge is 2.31. The fourth-order valence-corrected chi connectivity index (χ4v) is 3.74. The largest absolute Gasteiger partial charge is 0.459 e. The average Bonchev–Trinajstić information content (AvgIpc) is 3.05. The number of carbonyl (C=O) groups is 1. The smallest absolute Gasteiger partial charge is 0.334 e. The summed E-state index contributed by atoms with van der Waals surface area (Å²) < 4.78 is 17.4. The molecule has 1 aromatic rings. The van der Waals surface area contributed by atoms with Gasteiger partial charge in [-0.3, -0.25) is 0 Å². The van der Waals surface area contributed by atoms with E-state index >= 15 is 0 Å². The van der Waals surface area contributed by atoms with Crippen molar-refractivity contribution >= 4 is 12.0 Å². The third-order valence-corrected chi connectivity index (χ3v) is 5.03. The standard InChI is InChI=1S/C21H26O4/c1-12(2)18-7-6-15-11-17(25-21(15)22)9-13(3)8-16-10-14(4)19(24-16)20(18)23-5/h8,10-11,17-18,20H,1,6-7,9H2,2-5H3/t17-,18?,20-/m0/s1. The van der Waals surface area contributed by atoms with Crippen molar-refractivity contribution in [3.63, 3.8) is 0 Å². The van der Waals surface area contributed by atoms with Crippen molar-refractivity contribution in [2.75, 3.05) is 7.11 Å². The molecule has 1 aromatic heterocycles. The Hall–Kier alpha value is -2.07. The minimum atomic E-state index is -0.213. The molecule has 3 rings (SSSR count). The molecule has 0 aliphatic carbocycles. The zero-order valence-electron chi connectivity index (χ0n) is 15.4. The Balaban J connectivity index is 2.05. The van der Waals surface area contributed by atoms with E-state index in [0.717, 1.165) is 40.2 Å². The van der Waals surface area contributed by atoms with Gasteiger partial charge in [0, 0.05) is 25.0 Å². The maximum Gasteiger partial charge on any atom is 0.334 e. The van der Waals surface area contributed by atoms with E-state index in [1.165, 1.54) is 0 Å². The molecule has 134 valence electrons. The lowest BCUT2D eigenvalue weighted by Crippen LogP contribution is -2.17. The van der Waals surface area contributed by atoms with Gasteiger partial charge in [-0.15, -0.1) is 0 Å². The molecule has 25 heavy (non-hydrogen) atoms. The summed E-state index contributed by atoms with van der Waals surface area (Å²) in [5.41, 5.74) is 3.97. The number of furan rings is 1. The lowest BCUT2D eigenvalue weighted by molar-refractivity contribution is -0.139. The second-order valence-corrected chi connectivity index (χ2v) is 7.17. The summed E-state index contributed by atoms with van der Waals surface area (Å²) in [5.74, 6) is 1.52. The highest BCUT2D eigenvalue weighted by molar-refractivity contribution is 5.90. The van der Waals surface area contributed by atoms with Gasteiger partial charge >= 0.3 is 5.97 Å². The third kappa shape index (κ3) is 3.64. The topological polar surface area (TPSA) is 48.7 Å². The number of hydrogen-bond donors (Lipinski definition) is 0. The summed E-state index contributed by atoms with van der Waals surface area (Å²) >= 11 is 0. The Morgan fingerprint density at radius 1 is 1.36 bits per heavy atom. The van der Waals surface area contributed by atoms with Crippen LogP contribution in [0.15, 0.2) is 39.9 Å². The lowest BCUT2D eigenvalue weighted by atomic mass is 9.86. The third-order valence-electron chi connectivity index (χ3n) is 5.03. The monoisotopic (exact) mass is 342 g/mol. The van der Waals surface area contributed by atoms with Crippen LogP contribution in [0, 0.1) is 12.8 Å². The minimum absolute atomic E-state index is 0.0706. The predicted octanol–water partition coefficient (Wildman–Crippen LogP) is 4.91. The predicted molar refractivity (Wildman–Crippen MR) is 97.0 cm³/mol. The van der Waals surface area contributed by atoms with E-state index in [4.69, 9.17) is 13.9 Å². The van der Waals surface area contributed by atoms with Gasteiger partial charge in [0.05, 0.1) is 0 Å². The Bertz CT molecular complexity index is 750. The highest BCUT2D eigenvalue weighted by atomic mass is 16.5. The van der Waals surface area contributed by atoms with Crippen LogP contribution in [0.2, 0.25) is 0 Å². The molecule has 0 N–H and O–H groups in total. The van der Waals surface area contributed by atoms with Crippen molar-refractivity contribution in [1.29, 1.82) is 0 Å². The summed E-state index contributed by atoms with van der Waals surface area (Å²) in [6.45, 7) is 10.2. The summed E-state index contributed by atoms with van der Waals surface area (Å²) in [4.78, 5) is 12.1. The van der Waals surface area contributed by atoms with Gasteiger partial charge in [-0.2, -0.15) is 0 Å². The van der Waals surface area contributed by atoms with Crippen LogP contribution in [0.1, 0.15) is 56.3 Å². The molecule has 0 spiro atoms. The second kappa shape index (κ2) is 7.04. The molecule has 3 heterocycles. The molecule has 0 fully saturated rings. The molecule has 1 unspecified atom stereocenters. The van der Waals surface area contributed by atoms with Crippen molar-refractivity contribution in [1.82, 2.24) is 0 Å². The second-order valence-electron chi connectivity index (χ2n) is 7.17. The van der Waals surface area contributed by atoms with Gasteiger partial charge < -0.3 is 13.9 Å². The van der Waals surface area contributed by atoms with Crippen LogP contribution in [0.4, 0.5) is 0 Å². The number of fused-ring (bicyclic) bond motifs is 3. The van der Waals surface area contributed by atoms with Crippen LogP contribution >= 0.6 is 0 Å². The number of ether oxygens (including phenoxy) is 2. The van der Waals surface area contributed by atoms with Crippen LogP contribution in [-0.2, 0) is 14.3 Å².